The molecule has 0 saturated carbocycles. The number of unbranched alkanes of at least 4 members (excludes halogenated alkanes) is 3. The second-order valence-electron chi connectivity index (χ2n) is 5.61. The first-order chi connectivity index (χ1) is 10.5. The van der Waals surface area contributed by atoms with E-state index in [-0.39, 0.29) is 18.0 Å². The minimum absolute atomic E-state index is 0.115. The number of anilines is 2. The molecule has 1 rings (SSSR count). The summed E-state index contributed by atoms with van der Waals surface area (Å²) in [7, 11) is 0. The average Bonchev–Trinajstić information content (AvgIpc) is 2.45. The third kappa shape index (κ3) is 7.67. The molecule has 0 saturated heterocycles. The first kappa shape index (κ1) is 18.0. The number of carbonyl (C=O) groups excluding carboxylic acids is 2. The summed E-state index contributed by atoms with van der Waals surface area (Å²) in [4.78, 5) is 22.8. The van der Waals surface area contributed by atoms with E-state index in [2.05, 4.69) is 22.9 Å². The Balaban J connectivity index is 2.33. The third-order valence-electron chi connectivity index (χ3n) is 3.33. The van der Waals surface area contributed by atoms with Crippen LogP contribution in [0.25, 0.3) is 0 Å². The van der Waals surface area contributed by atoms with E-state index in [0.717, 1.165) is 12.8 Å². The lowest BCUT2D eigenvalue weighted by Crippen LogP contribution is -2.36. The van der Waals surface area contributed by atoms with E-state index in [4.69, 9.17) is 0 Å². The summed E-state index contributed by atoms with van der Waals surface area (Å²) in [6.07, 6.45) is 5.82. The van der Waals surface area contributed by atoms with Crippen molar-refractivity contribution in [3.63, 3.8) is 0 Å². The van der Waals surface area contributed by atoms with Gasteiger partial charge in [0.05, 0.1) is 0 Å². The van der Waals surface area contributed by atoms with Crippen LogP contribution in [0, 0.1) is 0 Å². The first-order valence-corrected chi connectivity index (χ1v) is 7.96. The molecule has 5 nitrogen and oxygen atoms in total. The second kappa shape index (κ2) is 9.82. The molecule has 22 heavy (non-hydrogen) atoms. The van der Waals surface area contributed by atoms with E-state index in [1.54, 1.807) is 24.3 Å². The SMILES string of the molecule is CCCCCCC(C)NC(=O)Nc1ccc(NC(C)=O)cc1. The number of carbonyl (C=O) groups is 2. The molecule has 1 aromatic rings. The summed E-state index contributed by atoms with van der Waals surface area (Å²) >= 11 is 0. The van der Waals surface area contributed by atoms with Crippen LogP contribution in [-0.2, 0) is 4.79 Å². The quantitative estimate of drug-likeness (QED) is 0.632. The number of urea groups is 1. The summed E-state index contributed by atoms with van der Waals surface area (Å²) in [5.74, 6) is -0.115. The first-order valence-electron chi connectivity index (χ1n) is 7.96. The molecular weight excluding hydrogens is 278 g/mol. The van der Waals surface area contributed by atoms with Gasteiger partial charge in [-0.25, -0.2) is 4.79 Å². The predicted octanol–water partition coefficient (Wildman–Crippen LogP) is 4.13. The number of rotatable bonds is 8. The third-order valence-corrected chi connectivity index (χ3v) is 3.33. The minimum atomic E-state index is -0.199. The maximum Gasteiger partial charge on any atom is 0.319 e. The van der Waals surface area contributed by atoms with Crippen LogP contribution in [0.5, 0.6) is 0 Å². The van der Waals surface area contributed by atoms with Crippen molar-refractivity contribution in [1.82, 2.24) is 5.32 Å². The van der Waals surface area contributed by atoms with Crippen LogP contribution >= 0.6 is 0 Å². The van der Waals surface area contributed by atoms with Crippen LogP contribution in [-0.4, -0.2) is 18.0 Å². The monoisotopic (exact) mass is 305 g/mol. The highest BCUT2D eigenvalue weighted by Gasteiger charge is 2.07. The molecule has 3 amide bonds. The second-order valence-corrected chi connectivity index (χ2v) is 5.61. The van der Waals surface area contributed by atoms with Crippen LogP contribution in [0.1, 0.15) is 52.9 Å². The van der Waals surface area contributed by atoms with Crippen LogP contribution in [0.3, 0.4) is 0 Å². The molecule has 122 valence electrons. The van der Waals surface area contributed by atoms with Crippen molar-refractivity contribution in [2.24, 2.45) is 0 Å². The van der Waals surface area contributed by atoms with Gasteiger partial charge in [-0.3, -0.25) is 4.79 Å². The molecule has 0 aliphatic rings. The smallest absolute Gasteiger partial charge is 0.319 e. The molecule has 1 unspecified atom stereocenters. The normalized spacial score (nSPS) is 11.6. The van der Waals surface area contributed by atoms with E-state index < -0.39 is 0 Å². The molecule has 0 aromatic heterocycles. The van der Waals surface area contributed by atoms with E-state index in [9.17, 15) is 9.59 Å². The molecule has 0 aliphatic heterocycles. The van der Waals surface area contributed by atoms with Crippen LogP contribution in [0.15, 0.2) is 24.3 Å². The maximum atomic E-state index is 11.9. The highest BCUT2D eigenvalue weighted by molar-refractivity contribution is 5.91. The Morgan fingerprint density at radius 1 is 1.00 bits per heavy atom. The molecule has 3 N–H and O–H groups in total. The Labute approximate surface area is 132 Å². The van der Waals surface area contributed by atoms with Crippen molar-refractivity contribution in [2.45, 2.75) is 58.9 Å². The Morgan fingerprint density at radius 3 is 2.14 bits per heavy atom. The van der Waals surface area contributed by atoms with Gasteiger partial charge in [-0.05, 0) is 37.6 Å². The van der Waals surface area contributed by atoms with E-state index in [1.165, 1.54) is 26.2 Å². The maximum absolute atomic E-state index is 11.9. The zero-order valence-electron chi connectivity index (χ0n) is 13.7. The zero-order chi connectivity index (χ0) is 16.4. The standard InChI is InChI=1S/C17H27N3O2/c1-4-5-6-7-8-13(2)18-17(22)20-16-11-9-15(10-12-16)19-14(3)21/h9-13H,4-8H2,1-3H3,(H,19,21)(H2,18,20,22). The number of amides is 3. The summed E-state index contributed by atoms with van der Waals surface area (Å²) in [6, 6.07) is 7.00. The molecule has 1 atom stereocenters. The number of hydrogen-bond acceptors (Lipinski definition) is 2. The van der Waals surface area contributed by atoms with Gasteiger partial charge in [0.1, 0.15) is 0 Å². The number of hydrogen-bond donors (Lipinski definition) is 3. The van der Waals surface area contributed by atoms with Gasteiger partial charge < -0.3 is 16.0 Å². The molecule has 1 aromatic carbocycles. The van der Waals surface area contributed by atoms with Crippen molar-refractivity contribution >= 4 is 23.3 Å². The van der Waals surface area contributed by atoms with Gasteiger partial charge in [-0.2, -0.15) is 0 Å². The molecule has 0 fully saturated rings. The van der Waals surface area contributed by atoms with Gasteiger partial charge in [0, 0.05) is 24.3 Å². The van der Waals surface area contributed by atoms with Crippen molar-refractivity contribution in [3.05, 3.63) is 24.3 Å². The summed E-state index contributed by atoms with van der Waals surface area (Å²) in [6.45, 7) is 5.67. The van der Waals surface area contributed by atoms with Crippen LogP contribution in [0.2, 0.25) is 0 Å². The van der Waals surface area contributed by atoms with Gasteiger partial charge >= 0.3 is 6.03 Å². The molecule has 0 spiro atoms. The lowest BCUT2D eigenvalue weighted by atomic mass is 10.1. The highest BCUT2D eigenvalue weighted by atomic mass is 16.2. The Kier molecular flexibility index (Phi) is 8.04. The molecule has 0 heterocycles. The van der Waals surface area contributed by atoms with E-state index >= 15 is 0 Å². The lowest BCUT2D eigenvalue weighted by molar-refractivity contribution is -0.114. The van der Waals surface area contributed by atoms with Gasteiger partial charge in [0.15, 0.2) is 0 Å². The Morgan fingerprint density at radius 2 is 1.59 bits per heavy atom. The fourth-order valence-electron chi connectivity index (χ4n) is 2.18. The van der Waals surface area contributed by atoms with Crippen molar-refractivity contribution in [3.8, 4) is 0 Å². The van der Waals surface area contributed by atoms with Crippen molar-refractivity contribution < 1.29 is 9.59 Å². The molecule has 0 bridgehead atoms. The fourth-order valence-corrected chi connectivity index (χ4v) is 2.18. The van der Waals surface area contributed by atoms with Crippen LogP contribution in [0.4, 0.5) is 16.2 Å². The zero-order valence-corrected chi connectivity index (χ0v) is 13.7. The van der Waals surface area contributed by atoms with E-state index in [0.29, 0.717) is 11.4 Å². The molecule has 0 radical (unpaired) electrons. The van der Waals surface area contributed by atoms with Gasteiger partial charge in [-0.15, -0.1) is 0 Å². The number of benzene rings is 1. The van der Waals surface area contributed by atoms with Gasteiger partial charge in [0.25, 0.3) is 0 Å². The average molecular weight is 305 g/mol. The highest BCUT2D eigenvalue weighted by Crippen LogP contribution is 2.13. The minimum Gasteiger partial charge on any atom is -0.335 e. The fraction of sp³-hybridized carbons (Fsp3) is 0.529. The van der Waals surface area contributed by atoms with Crippen molar-refractivity contribution in [2.75, 3.05) is 10.6 Å². The molecule has 0 aliphatic carbocycles. The van der Waals surface area contributed by atoms with Crippen LogP contribution < -0.4 is 16.0 Å². The summed E-state index contributed by atoms with van der Waals surface area (Å²) in [5, 5.41) is 8.41. The molecular formula is C17H27N3O2. The summed E-state index contributed by atoms with van der Waals surface area (Å²) in [5.41, 5.74) is 1.41. The molecule has 5 heteroatoms. The summed E-state index contributed by atoms with van der Waals surface area (Å²) < 4.78 is 0. The number of nitrogens with one attached hydrogen (secondary N) is 3. The van der Waals surface area contributed by atoms with Gasteiger partial charge in [0.2, 0.25) is 5.91 Å². The largest absolute Gasteiger partial charge is 0.335 e. The van der Waals surface area contributed by atoms with Gasteiger partial charge in [-0.1, -0.05) is 32.6 Å². The Bertz CT molecular complexity index is 471. The lowest BCUT2D eigenvalue weighted by Gasteiger charge is -2.14. The van der Waals surface area contributed by atoms with Crippen molar-refractivity contribution in [1.29, 1.82) is 0 Å². The Hall–Kier alpha value is -2.04. The van der Waals surface area contributed by atoms with E-state index in [1.807, 2.05) is 6.92 Å². The topological polar surface area (TPSA) is 70.2 Å². The predicted molar refractivity (Wildman–Crippen MR) is 91.1 cm³/mol.